The van der Waals surface area contributed by atoms with Crippen LogP contribution in [0.25, 0.3) is 11.5 Å². The minimum Gasteiger partial charge on any atom is -0.493 e. The summed E-state index contributed by atoms with van der Waals surface area (Å²) in [6.45, 7) is 1.62. The number of aryl methyl sites for hydroxylation is 2. The van der Waals surface area contributed by atoms with E-state index in [0.29, 0.717) is 34.9 Å². The first-order chi connectivity index (χ1) is 16.1. The number of ether oxygens (including phenoxy) is 1. The summed E-state index contributed by atoms with van der Waals surface area (Å²) in [7, 11) is 0. The van der Waals surface area contributed by atoms with Crippen LogP contribution in [0, 0.1) is 6.92 Å². The molecule has 0 unspecified atom stereocenters. The van der Waals surface area contributed by atoms with Gasteiger partial charge in [0.05, 0.1) is 12.3 Å². The molecular formula is C24H23F3N2O5. The minimum absolute atomic E-state index is 0.104. The summed E-state index contributed by atoms with van der Waals surface area (Å²) < 4.78 is 49.0. The first-order valence-electron chi connectivity index (χ1n) is 10.5. The highest BCUT2D eigenvalue weighted by molar-refractivity contribution is 5.81. The number of nitrogens with one attached hydrogen (secondary N) is 1. The lowest BCUT2D eigenvalue weighted by Crippen LogP contribution is -2.36. The van der Waals surface area contributed by atoms with Gasteiger partial charge in [0.15, 0.2) is 0 Å². The Balaban J connectivity index is 1.66. The second-order valence-electron chi connectivity index (χ2n) is 7.49. The number of carbonyl (C=O) groups excluding carboxylic acids is 1. The molecule has 0 saturated heterocycles. The number of amides is 1. The summed E-state index contributed by atoms with van der Waals surface area (Å²) >= 11 is 0. The molecule has 0 bridgehead atoms. The molecule has 3 rings (SSSR count). The van der Waals surface area contributed by atoms with E-state index < -0.39 is 24.6 Å². The zero-order chi connectivity index (χ0) is 24.7. The van der Waals surface area contributed by atoms with Crippen molar-refractivity contribution in [3.63, 3.8) is 0 Å². The number of carbonyl (C=O) groups is 2. The van der Waals surface area contributed by atoms with E-state index in [9.17, 15) is 22.8 Å². The van der Waals surface area contributed by atoms with Crippen LogP contribution in [0.1, 0.15) is 29.0 Å². The fraction of sp³-hybridized carbons (Fsp3) is 0.292. The van der Waals surface area contributed by atoms with Gasteiger partial charge in [-0.1, -0.05) is 24.3 Å². The van der Waals surface area contributed by atoms with Crippen LogP contribution in [0.4, 0.5) is 13.2 Å². The van der Waals surface area contributed by atoms with Crippen LogP contribution in [0.15, 0.2) is 52.9 Å². The molecule has 180 valence electrons. The van der Waals surface area contributed by atoms with E-state index in [0.717, 1.165) is 11.3 Å². The topological polar surface area (TPSA) is 102 Å². The van der Waals surface area contributed by atoms with Gasteiger partial charge in [0.25, 0.3) is 0 Å². The Hall–Kier alpha value is -3.82. The third kappa shape index (κ3) is 6.84. The lowest BCUT2D eigenvalue weighted by molar-refractivity contribution is -0.173. The van der Waals surface area contributed by atoms with Crippen molar-refractivity contribution in [3.8, 4) is 17.2 Å². The highest BCUT2D eigenvalue weighted by atomic mass is 19.4. The zero-order valence-corrected chi connectivity index (χ0v) is 18.3. The molecule has 0 aliphatic carbocycles. The number of carboxylic acids is 1. The molecule has 0 atom stereocenters. The fourth-order valence-corrected chi connectivity index (χ4v) is 3.25. The van der Waals surface area contributed by atoms with Gasteiger partial charge >= 0.3 is 18.1 Å². The number of hydrogen-bond donors (Lipinski definition) is 2. The molecule has 34 heavy (non-hydrogen) atoms. The van der Waals surface area contributed by atoms with E-state index in [1.54, 1.807) is 19.1 Å². The molecule has 1 heterocycles. The largest absolute Gasteiger partial charge is 0.493 e. The van der Waals surface area contributed by atoms with E-state index in [2.05, 4.69) is 4.98 Å². The Morgan fingerprint density at radius 1 is 1.09 bits per heavy atom. The Bertz CT molecular complexity index is 1140. The molecule has 0 saturated carbocycles. The van der Waals surface area contributed by atoms with Crippen molar-refractivity contribution in [1.29, 1.82) is 0 Å². The summed E-state index contributed by atoms with van der Waals surface area (Å²) in [5.74, 6) is -1.58. The highest BCUT2D eigenvalue weighted by Gasteiger charge is 2.38. The standard InChI is InChI=1S/C24H23F3N2O5/c1-15-20(29-22(34-15)17-5-3-2-4-6-17)11-12-33-19-9-7-16(8-10-21(30)31)18(13-19)14-28-23(32)24(25,26)27/h2-7,9,13H,8,10-12,14H2,1H3,(H,28,32)(H,30,31). The normalized spacial score (nSPS) is 11.3. The van der Waals surface area contributed by atoms with Crippen molar-refractivity contribution in [2.75, 3.05) is 6.61 Å². The summed E-state index contributed by atoms with van der Waals surface area (Å²) in [6.07, 6.45) is -4.67. The maximum atomic E-state index is 12.5. The molecule has 0 aliphatic heterocycles. The number of carboxylic acid groups (broad SMARTS) is 1. The number of alkyl halides is 3. The highest BCUT2D eigenvalue weighted by Crippen LogP contribution is 2.23. The van der Waals surface area contributed by atoms with Gasteiger partial charge in [0, 0.05) is 24.9 Å². The average molecular weight is 476 g/mol. The van der Waals surface area contributed by atoms with Gasteiger partial charge in [-0.2, -0.15) is 13.2 Å². The molecule has 1 aromatic heterocycles. The molecule has 10 heteroatoms. The van der Waals surface area contributed by atoms with Gasteiger partial charge in [0.2, 0.25) is 5.89 Å². The molecule has 3 aromatic rings. The van der Waals surface area contributed by atoms with Crippen LogP contribution in [-0.4, -0.2) is 34.8 Å². The molecule has 0 spiro atoms. The predicted octanol–water partition coefficient (Wildman–Crippen LogP) is 4.47. The Morgan fingerprint density at radius 3 is 2.50 bits per heavy atom. The van der Waals surface area contributed by atoms with E-state index in [-0.39, 0.29) is 19.4 Å². The second kappa shape index (κ2) is 10.9. The van der Waals surface area contributed by atoms with Gasteiger partial charge in [-0.25, -0.2) is 4.98 Å². The molecule has 0 fully saturated rings. The summed E-state index contributed by atoms with van der Waals surface area (Å²) in [5, 5.41) is 10.7. The second-order valence-corrected chi connectivity index (χ2v) is 7.49. The Labute approximate surface area is 193 Å². The van der Waals surface area contributed by atoms with Crippen LogP contribution in [0.5, 0.6) is 5.75 Å². The number of aliphatic carboxylic acids is 1. The van der Waals surface area contributed by atoms with Crippen molar-refractivity contribution in [2.24, 2.45) is 0 Å². The first-order valence-corrected chi connectivity index (χ1v) is 10.5. The van der Waals surface area contributed by atoms with Crippen molar-refractivity contribution < 1.29 is 37.0 Å². The Kier molecular flexibility index (Phi) is 7.93. The molecule has 2 aromatic carbocycles. The van der Waals surface area contributed by atoms with Crippen LogP contribution in [0.3, 0.4) is 0 Å². The van der Waals surface area contributed by atoms with Gasteiger partial charge < -0.3 is 19.6 Å². The van der Waals surface area contributed by atoms with E-state index in [4.69, 9.17) is 14.3 Å². The first kappa shape index (κ1) is 24.8. The van der Waals surface area contributed by atoms with Gasteiger partial charge in [0.1, 0.15) is 11.5 Å². The number of benzene rings is 2. The number of halogens is 3. The lowest BCUT2D eigenvalue weighted by atomic mass is 10.0. The van der Waals surface area contributed by atoms with E-state index in [1.165, 1.54) is 6.07 Å². The molecule has 0 radical (unpaired) electrons. The van der Waals surface area contributed by atoms with E-state index in [1.807, 2.05) is 35.6 Å². The maximum Gasteiger partial charge on any atom is 0.471 e. The van der Waals surface area contributed by atoms with Crippen molar-refractivity contribution >= 4 is 11.9 Å². The Morgan fingerprint density at radius 2 is 1.82 bits per heavy atom. The fourth-order valence-electron chi connectivity index (χ4n) is 3.25. The molecule has 7 nitrogen and oxygen atoms in total. The maximum absolute atomic E-state index is 12.5. The van der Waals surface area contributed by atoms with E-state index >= 15 is 0 Å². The molecule has 0 aliphatic rings. The predicted molar refractivity (Wildman–Crippen MR) is 116 cm³/mol. The lowest BCUT2D eigenvalue weighted by Gasteiger charge is -2.14. The number of rotatable bonds is 10. The van der Waals surface area contributed by atoms with Crippen LogP contribution < -0.4 is 10.1 Å². The SMILES string of the molecule is Cc1oc(-c2ccccc2)nc1CCOc1ccc(CCC(=O)O)c(CNC(=O)C(F)(F)F)c1. The van der Waals surface area contributed by atoms with Gasteiger partial charge in [-0.3, -0.25) is 9.59 Å². The van der Waals surface area contributed by atoms with Crippen molar-refractivity contribution in [1.82, 2.24) is 10.3 Å². The number of nitrogens with zero attached hydrogens (tertiary/aromatic N) is 1. The monoisotopic (exact) mass is 476 g/mol. The number of oxazole rings is 1. The summed E-state index contributed by atoms with van der Waals surface area (Å²) in [6, 6.07) is 14.1. The third-order valence-electron chi connectivity index (χ3n) is 5.00. The van der Waals surface area contributed by atoms with Gasteiger partial charge in [-0.15, -0.1) is 0 Å². The van der Waals surface area contributed by atoms with Crippen molar-refractivity contribution in [2.45, 2.75) is 38.9 Å². The summed E-state index contributed by atoms with van der Waals surface area (Å²) in [4.78, 5) is 26.6. The van der Waals surface area contributed by atoms with Crippen LogP contribution in [-0.2, 0) is 29.0 Å². The third-order valence-corrected chi connectivity index (χ3v) is 5.00. The van der Waals surface area contributed by atoms with Crippen molar-refractivity contribution in [3.05, 3.63) is 71.1 Å². The minimum atomic E-state index is -5.01. The summed E-state index contributed by atoms with van der Waals surface area (Å²) in [5.41, 5.74) is 2.42. The molecular weight excluding hydrogens is 453 g/mol. The number of aromatic nitrogens is 1. The quantitative estimate of drug-likeness (QED) is 0.448. The smallest absolute Gasteiger partial charge is 0.471 e. The zero-order valence-electron chi connectivity index (χ0n) is 18.3. The number of hydrogen-bond acceptors (Lipinski definition) is 5. The average Bonchev–Trinajstić information content (AvgIpc) is 3.17. The van der Waals surface area contributed by atoms with Crippen LogP contribution in [0.2, 0.25) is 0 Å². The van der Waals surface area contributed by atoms with Crippen LogP contribution >= 0.6 is 0 Å². The molecule has 2 N–H and O–H groups in total. The molecule has 1 amide bonds. The van der Waals surface area contributed by atoms with Gasteiger partial charge in [-0.05, 0) is 48.7 Å².